The van der Waals surface area contributed by atoms with Crippen LogP contribution in [0.15, 0.2) is 30.3 Å². The zero-order valence-corrected chi connectivity index (χ0v) is 19.2. The average Bonchev–Trinajstić information content (AvgIpc) is 3.27. The Morgan fingerprint density at radius 2 is 1.94 bits per heavy atom. The SMILES string of the molecule is COc1cc2c(N)nc(N3CCN(C(=O)CC4NCc5ccccc54)CC3)nc2c(F)c1OC. The second-order valence-corrected chi connectivity index (χ2v) is 8.44. The number of hydrogen-bond donors (Lipinski definition) is 2. The number of methoxy groups -OCH3 is 2. The summed E-state index contributed by atoms with van der Waals surface area (Å²) in [5.41, 5.74) is 8.66. The number of carbonyl (C=O) groups excluding carboxylic acids is 1. The zero-order valence-electron chi connectivity index (χ0n) is 19.2. The number of aromatic nitrogens is 2. The van der Waals surface area contributed by atoms with Gasteiger partial charge >= 0.3 is 0 Å². The first kappa shape index (κ1) is 22.1. The van der Waals surface area contributed by atoms with E-state index in [1.165, 1.54) is 25.3 Å². The fourth-order valence-electron chi connectivity index (χ4n) is 4.70. The highest BCUT2D eigenvalue weighted by molar-refractivity contribution is 5.92. The largest absolute Gasteiger partial charge is 0.493 e. The summed E-state index contributed by atoms with van der Waals surface area (Å²) in [6.07, 6.45) is 0.420. The van der Waals surface area contributed by atoms with E-state index in [4.69, 9.17) is 15.2 Å². The normalized spacial score (nSPS) is 17.7. The van der Waals surface area contributed by atoms with Crippen molar-refractivity contribution in [2.24, 2.45) is 0 Å². The summed E-state index contributed by atoms with van der Waals surface area (Å²) < 4.78 is 25.4. The third-order valence-corrected chi connectivity index (χ3v) is 6.56. The van der Waals surface area contributed by atoms with Crippen molar-refractivity contribution in [2.75, 3.05) is 51.0 Å². The lowest BCUT2D eigenvalue weighted by atomic mass is 10.0. The molecule has 5 rings (SSSR count). The van der Waals surface area contributed by atoms with E-state index in [0.717, 1.165) is 6.54 Å². The first-order valence-corrected chi connectivity index (χ1v) is 11.2. The Bertz CT molecular complexity index is 1250. The zero-order chi connectivity index (χ0) is 23.8. The molecular formula is C24H27FN6O3. The van der Waals surface area contributed by atoms with Crippen molar-refractivity contribution in [3.05, 3.63) is 47.3 Å². The summed E-state index contributed by atoms with van der Waals surface area (Å²) in [6, 6.07) is 9.81. The molecule has 2 aliphatic heterocycles. The molecular weight excluding hydrogens is 439 g/mol. The lowest BCUT2D eigenvalue weighted by molar-refractivity contribution is -0.132. The third-order valence-electron chi connectivity index (χ3n) is 6.56. The number of nitrogens with one attached hydrogen (secondary N) is 1. The predicted octanol–water partition coefficient (Wildman–Crippen LogP) is 2.25. The molecule has 3 N–H and O–H groups in total. The summed E-state index contributed by atoms with van der Waals surface area (Å²) in [6.45, 7) is 2.90. The molecule has 2 aromatic carbocycles. The molecule has 1 saturated heterocycles. The van der Waals surface area contributed by atoms with Gasteiger partial charge < -0.3 is 30.3 Å². The highest BCUT2D eigenvalue weighted by atomic mass is 19.1. The number of nitrogens with two attached hydrogens (primary N) is 1. The standard InChI is InChI=1S/C24H27FN6O3/c1-33-18-11-16-21(20(25)22(18)34-2)28-24(29-23(16)26)31-9-7-30(8-10-31)19(32)12-17-15-6-4-3-5-14(15)13-27-17/h3-6,11,17,27H,7-10,12-13H2,1-2H3,(H2,26,28,29). The quantitative estimate of drug-likeness (QED) is 0.590. The number of benzene rings is 2. The number of anilines is 2. The van der Waals surface area contributed by atoms with Gasteiger partial charge in [-0.25, -0.2) is 9.37 Å². The molecule has 2 aliphatic rings. The molecule has 1 unspecified atom stereocenters. The Morgan fingerprint density at radius 1 is 1.18 bits per heavy atom. The molecule has 0 bridgehead atoms. The second-order valence-electron chi connectivity index (χ2n) is 8.44. The highest BCUT2D eigenvalue weighted by Gasteiger charge is 2.29. The first-order chi connectivity index (χ1) is 16.5. The van der Waals surface area contributed by atoms with Gasteiger partial charge in [-0.15, -0.1) is 0 Å². The van der Waals surface area contributed by atoms with Crippen LogP contribution in [0.25, 0.3) is 10.9 Å². The summed E-state index contributed by atoms with van der Waals surface area (Å²) in [7, 11) is 2.80. The number of halogens is 1. The fourth-order valence-corrected chi connectivity index (χ4v) is 4.70. The van der Waals surface area contributed by atoms with E-state index in [0.29, 0.717) is 43.9 Å². The van der Waals surface area contributed by atoms with Gasteiger partial charge in [0.25, 0.3) is 0 Å². The fraction of sp³-hybridized carbons (Fsp3) is 0.375. The van der Waals surface area contributed by atoms with E-state index in [9.17, 15) is 4.79 Å². The monoisotopic (exact) mass is 466 g/mol. The van der Waals surface area contributed by atoms with Crippen LogP contribution < -0.4 is 25.4 Å². The van der Waals surface area contributed by atoms with Crippen molar-refractivity contribution < 1.29 is 18.7 Å². The van der Waals surface area contributed by atoms with Gasteiger partial charge in [-0.2, -0.15) is 4.98 Å². The molecule has 1 aromatic heterocycles. The molecule has 0 aliphatic carbocycles. The molecule has 1 atom stereocenters. The molecule has 0 radical (unpaired) electrons. The number of fused-ring (bicyclic) bond motifs is 2. The molecule has 3 heterocycles. The van der Waals surface area contributed by atoms with Crippen molar-refractivity contribution in [1.29, 1.82) is 0 Å². The summed E-state index contributed by atoms with van der Waals surface area (Å²) in [5.74, 6) is 0.138. The van der Waals surface area contributed by atoms with Crippen LogP contribution in [0.4, 0.5) is 16.2 Å². The van der Waals surface area contributed by atoms with Gasteiger partial charge in [0.15, 0.2) is 17.3 Å². The van der Waals surface area contributed by atoms with Crippen molar-refractivity contribution in [2.45, 2.75) is 19.0 Å². The van der Waals surface area contributed by atoms with Crippen LogP contribution >= 0.6 is 0 Å². The topological polar surface area (TPSA) is 106 Å². The summed E-state index contributed by atoms with van der Waals surface area (Å²) >= 11 is 0. The van der Waals surface area contributed by atoms with Gasteiger partial charge in [-0.1, -0.05) is 24.3 Å². The average molecular weight is 467 g/mol. The van der Waals surface area contributed by atoms with Crippen LogP contribution in [0.5, 0.6) is 11.5 Å². The molecule has 1 amide bonds. The van der Waals surface area contributed by atoms with Gasteiger partial charge in [-0.05, 0) is 17.2 Å². The van der Waals surface area contributed by atoms with E-state index in [1.54, 1.807) is 6.07 Å². The lowest BCUT2D eigenvalue weighted by Gasteiger charge is -2.35. The number of ether oxygens (including phenoxy) is 2. The number of rotatable bonds is 5. The van der Waals surface area contributed by atoms with E-state index < -0.39 is 5.82 Å². The van der Waals surface area contributed by atoms with Gasteiger partial charge in [-0.3, -0.25) is 4.79 Å². The Kier molecular flexibility index (Phi) is 5.82. The Balaban J connectivity index is 1.29. The van der Waals surface area contributed by atoms with Crippen LogP contribution in [0, 0.1) is 5.82 Å². The molecule has 34 heavy (non-hydrogen) atoms. The van der Waals surface area contributed by atoms with Crippen LogP contribution in [0.3, 0.4) is 0 Å². The molecule has 178 valence electrons. The Hall–Kier alpha value is -3.66. The maximum Gasteiger partial charge on any atom is 0.228 e. The number of nitrogens with zero attached hydrogens (tertiary/aromatic N) is 4. The maximum absolute atomic E-state index is 15.1. The summed E-state index contributed by atoms with van der Waals surface area (Å²) in [5, 5.41) is 3.78. The lowest BCUT2D eigenvalue weighted by Crippen LogP contribution is -2.49. The molecule has 1 fully saturated rings. The molecule has 0 saturated carbocycles. The molecule has 10 heteroatoms. The summed E-state index contributed by atoms with van der Waals surface area (Å²) in [4.78, 5) is 25.6. The van der Waals surface area contributed by atoms with Gasteiger partial charge in [0.2, 0.25) is 11.9 Å². The van der Waals surface area contributed by atoms with E-state index in [2.05, 4.69) is 27.4 Å². The Morgan fingerprint density at radius 3 is 2.68 bits per heavy atom. The van der Waals surface area contributed by atoms with Gasteiger partial charge in [0, 0.05) is 50.6 Å². The van der Waals surface area contributed by atoms with E-state index >= 15 is 4.39 Å². The molecule has 9 nitrogen and oxygen atoms in total. The second kappa shape index (κ2) is 8.94. The van der Waals surface area contributed by atoms with Crippen molar-refractivity contribution >= 4 is 28.6 Å². The van der Waals surface area contributed by atoms with Crippen LogP contribution in [0.2, 0.25) is 0 Å². The minimum atomic E-state index is -0.648. The van der Waals surface area contributed by atoms with E-state index in [-0.39, 0.29) is 34.8 Å². The number of amides is 1. The van der Waals surface area contributed by atoms with Crippen LogP contribution in [-0.4, -0.2) is 61.2 Å². The molecule has 0 spiro atoms. The van der Waals surface area contributed by atoms with Gasteiger partial charge in [0.1, 0.15) is 11.3 Å². The van der Waals surface area contributed by atoms with Crippen LogP contribution in [0.1, 0.15) is 23.6 Å². The van der Waals surface area contributed by atoms with Crippen molar-refractivity contribution in [1.82, 2.24) is 20.2 Å². The van der Waals surface area contributed by atoms with Crippen molar-refractivity contribution in [3.63, 3.8) is 0 Å². The third kappa shape index (κ3) is 3.83. The predicted molar refractivity (Wildman–Crippen MR) is 126 cm³/mol. The first-order valence-electron chi connectivity index (χ1n) is 11.2. The number of hydrogen-bond acceptors (Lipinski definition) is 8. The minimum Gasteiger partial charge on any atom is -0.493 e. The van der Waals surface area contributed by atoms with Crippen LogP contribution in [-0.2, 0) is 11.3 Å². The van der Waals surface area contributed by atoms with Crippen molar-refractivity contribution in [3.8, 4) is 11.5 Å². The number of carbonyl (C=O) groups is 1. The maximum atomic E-state index is 15.1. The van der Waals surface area contributed by atoms with Gasteiger partial charge in [0.05, 0.1) is 14.2 Å². The van der Waals surface area contributed by atoms with E-state index in [1.807, 2.05) is 21.9 Å². The minimum absolute atomic E-state index is 0.0310. The highest BCUT2D eigenvalue weighted by Crippen LogP contribution is 2.37. The number of piperazine rings is 1. The smallest absolute Gasteiger partial charge is 0.228 e. The molecule has 3 aromatic rings. The number of nitrogen functional groups attached to an aromatic ring is 1. The Labute approximate surface area is 196 Å².